The van der Waals surface area contributed by atoms with Gasteiger partial charge < -0.3 is 24.8 Å². The molecule has 1 aromatic heterocycles. The number of hydrogen-bond donors (Lipinski definition) is 2. The number of esters is 1. The summed E-state index contributed by atoms with van der Waals surface area (Å²) in [7, 11) is 0. The Morgan fingerprint density at radius 1 is 1.19 bits per heavy atom. The number of aryl methyl sites for hydroxylation is 1. The van der Waals surface area contributed by atoms with Gasteiger partial charge in [-0.05, 0) is 75.0 Å². The highest BCUT2D eigenvalue weighted by atomic mass is 32.1. The predicted molar refractivity (Wildman–Crippen MR) is 126 cm³/mol. The minimum absolute atomic E-state index is 0.0402. The van der Waals surface area contributed by atoms with Crippen LogP contribution in [0.4, 0.5) is 5.00 Å². The maximum absolute atomic E-state index is 12.8. The standard InChI is InChI=1S/C23H28N2O4S2/c1-3-27-22(26)20-16-8-6-4-5-7-9-19(16)31-21(20)25-23(30)24-14(2)15-10-11-17-18(12-15)29-13-28-17/h10-12,14H,3-9,13H2,1-2H3,(H2,24,25,30). The molecule has 2 aromatic rings. The van der Waals surface area contributed by atoms with Crippen molar-refractivity contribution in [3.8, 4) is 11.5 Å². The number of benzene rings is 1. The molecule has 4 rings (SSSR count). The van der Waals surface area contributed by atoms with E-state index in [2.05, 4.69) is 10.6 Å². The molecule has 1 unspecified atom stereocenters. The van der Waals surface area contributed by atoms with Gasteiger partial charge in [0.2, 0.25) is 6.79 Å². The Morgan fingerprint density at radius 3 is 2.77 bits per heavy atom. The van der Waals surface area contributed by atoms with Crippen LogP contribution in [0.2, 0.25) is 0 Å². The van der Waals surface area contributed by atoms with Crippen molar-refractivity contribution in [2.24, 2.45) is 0 Å². The minimum Gasteiger partial charge on any atom is -0.462 e. The van der Waals surface area contributed by atoms with Crippen LogP contribution in [0.1, 0.15) is 71.9 Å². The summed E-state index contributed by atoms with van der Waals surface area (Å²) in [6.45, 7) is 4.47. The number of rotatable bonds is 5. The maximum atomic E-state index is 12.8. The Morgan fingerprint density at radius 2 is 1.97 bits per heavy atom. The van der Waals surface area contributed by atoms with Gasteiger partial charge in [0.15, 0.2) is 16.6 Å². The zero-order valence-electron chi connectivity index (χ0n) is 17.9. The molecule has 1 atom stereocenters. The van der Waals surface area contributed by atoms with E-state index < -0.39 is 0 Å². The number of thiocarbonyl (C=S) groups is 1. The Balaban J connectivity index is 1.51. The lowest BCUT2D eigenvalue weighted by molar-refractivity contribution is 0.0526. The lowest BCUT2D eigenvalue weighted by Crippen LogP contribution is -2.31. The summed E-state index contributed by atoms with van der Waals surface area (Å²) in [6.07, 6.45) is 6.60. The molecule has 0 amide bonds. The van der Waals surface area contributed by atoms with Gasteiger partial charge in [-0.1, -0.05) is 18.9 Å². The lowest BCUT2D eigenvalue weighted by Gasteiger charge is -2.18. The van der Waals surface area contributed by atoms with E-state index >= 15 is 0 Å². The van der Waals surface area contributed by atoms with Gasteiger partial charge in [0, 0.05) is 4.88 Å². The molecule has 0 bridgehead atoms. The van der Waals surface area contributed by atoms with Crippen molar-refractivity contribution in [3.05, 3.63) is 39.8 Å². The molecule has 0 saturated heterocycles. The first-order valence-corrected chi connectivity index (χ1v) is 12.1. The van der Waals surface area contributed by atoms with E-state index in [0.717, 1.165) is 53.3 Å². The zero-order valence-corrected chi connectivity index (χ0v) is 19.5. The fourth-order valence-electron chi connectivity index (χ4n) is 4.03. The molecule has 8 heteroatoms. The lowest BCUT2D eigenvalue weighted by atomic mass is 9.96. The minimum atomic E-state index is -0.269. The number of nitrogens with one attached hydrogen (secondary N) is 2. The largest absolute Gasteiger partial charge is 0.462 e. The molecule has 6 nitrogen and oxygen atoms in total. The first-order valence-electron chi connectivity index (χ1n) is 10.9. The van der Waals surface area contributed by atoms with Crippen molar-refractivity contribution in [2.75, 3.05) is 18.7 Å². The van der Waals surface area contributed by atoms with E-state index in [-0.39, 0.29) is 18.8 Å². The molecule has 0 saturated carbocycles. The van der Waals surface area contributed by atoms with Gasteiger partial charge in [-0.25, -0.2) is 4.79 Å². The summed E-state index contributed by atoms with van der Waals surface area (Å²) in [5.41, 5.74) is 2.83. The second-order valence-electron chi connectivity index (χ2n) is 7.78. The van der Waals surface area contributed by atoms with E-state index in [1.807, 2.05) is 32.0 Å². The molecular formula is C23H28N2O4S2. The van der Waals surface area contributed by atoms with E-state index in [0.29, 0.717) is 17.3 Å². The number of carbonyl (C=O) groups excluding carboxylic acids is 1. The molecule has 2 aliphatic rings. The average molecular weight is 461 g/mol. The van der Waals surface area contributed by atoms with Gasteiger partial charge in [-0.2, -0.15) is 0 Å². The number of hydrogen-bond acceptors (Lipinski definition) is 6. The van der Waals surface area contributed by atoms with Crippen LogP contribution in [0, 0.1) is 0 Å². The van der Waals surface area contributed by atoms with E-state index in [1.54, 1.807) is 11.3 Å². The van der Waals surface area contributed by atoms with Gasteiger partial charge in [-0.15, -0.1) is 11.3 Å². The van der Waals surface area contributed by atoms with Gasteiger partial charge in [0.1, 0.15) is 5.00 Å². The van der Waals surface area contributed by atoms with Crippen LogP contribution in [0.5, 0.6) is 11.5 Å². The highest BCUT2D eigenvalue weighted by molar-refractivity contribution is 7.80. The van der Waals surface area contributed by atoms with Gasteiger partial charge in [0.05, 0.1) is 18.2 Å². The van der Waals surface area contributed by atoms with Gasteiger partial charge >= 0.3 is 5.97 Å². The van der Waals surface area contributed by atoms with Gasteiger partial charge in [-0.3, -0.25) is 0 Å². The average Bonchev–Trinajstić information content (AvgIpc) is 3.32. The summed E-state index contributed by atoms with van der Waals surface area (Å²) >= 11 is 7.22. The van der Waals surface area contributed by atoms with Crippen LogP contribution in [-0.2, 0) is 17.6 Å². The highest BCUT2D eigenvalue weighted by Gasteiger charge is 2.26. The van der Waals surface area contributed by atoms with Crippen LogP contribution in [0.25, 0.3) is 0 Å². The normalized spacial score (nSPS) is 15.9. The highest BCUT2D eigenvalue weighted by Crippen LogP contribution is 2.38. The van der Waals surface area contributed by atoms with Gasteiger partial charge in [0.25, 0.3) is 0 Å². The third-order valence-corrected chi connectivity index (χ3v) is 7.05. The summed E-state index contributed by atoms with van der Waals surface area (Å²) < 4.78 is 16.2. The number of ether oxygens (including phenoxy) is 3. The van der Waals surface area contributed by atoms with Crippen molar-refractivity contribution >= 4 is 39.6 Å². The summed E-state index contributed by atoms with van der Waals surface area (Å²) in [5, 5.41) is 7.86. The number of fused-ring (bicyclic) bond motifs is 2. The van der Waals surface area contributed by atoms with Crippen LogP contribution in [-0.4, -0.2) is 24.5 Å². The second kappa shape index (κ2) is 9.87. The Kier molecular flexibility index (Phi) is 6.97. The van der Waals surface area contributed by atoms with E-state index in [4.69, 9.17) is 26.4 Å². The first kappa shape index (κ1) is 21.9. The van der Waals surface area contributed by atoms with Crippen LogP contribution < -0.4 is 20.1 Å². The van der Waals surface area contributed by atoms with Crippen molar-refractivity contribution in [1.29, 1.82) is 0 Å². The maximum Gasteiger partial charge on any atom is 0.341 e. The third-order valence-electron chi connectivity index (χ3n) is 5.62. The molecule has 0 spiro atoms. The topological polar surface area (TPSA) is 68.8 Å². The molecular weight excluding hydrogens is 432 g/mol. The van der Waals surface area contributed by atoms with Crippen molar-refractivity contribution < 1.29 is 19.0 Å². The fourth-order valence-corrected chi connectivity index (χ4v) is 5.65. The Labute approximate surface area is 192 Å². The van der Waals surface area contributed by atoms with Crippen LogP contribution >= 0.6 is 23.6 Å². The molecule has 1 aromatic carbocycles. The number of thiophene rings is 1. The molecule has 2 heterocycles. The molecule has 1 aliphatic carbocycles. The molecule has 2 N–H and O–H groups in total. The molecule has 0 fully saturated rings. The SMILES string of the molecule is CCOC(=O)c1c(NC(=S)NC(C)c2ccc3c(c2)OCO3)sc2c1CCCCCC2. The fraction of sp³-hybridized carbons (Fsp3) is 0.478. The van der Waals surface area contributed by atoms with Crippen LogP contribution in [0.3, 0.4) is 0 Å². The third kappa shape index (κ3) is 4.96. The Bertz CT molecular complexity index is 973. The summed E-state index contributed by atoms with van der Waals surface area (Å²) in [5.74, 6) is 1.23. The zero-order chi connectivity index (χ0) is 21.8. The number of anilines is 1. The van der Waals surface area contributed by atoms with Crippen molar-refractivity contribution in [1.82, 2.24) is 5.32 Å². The second-order valence-corrected chi connectivity index (χ2v) is 9.29. The van der Waals surface area contributed by atoms with E-state index in [9.17, 15) is 4.79 Å². The first-order chi connectivity index (χ1) is 15.1. The molecule has 1 aliphatic heterocycles. The summed E-state index contributed by atoms with van der Waals surface area (Å²) in [6, 6.07) is 5.82. The predicted octanol–water partition coefficient (Wildman–Crippen LogP) is 5.36. The molecule has 0 radical (unpaired) electrons. The molecule has 166 valence electrons. The van der Waals surface area contributed by atoms with Crippen LogP contribution in [0.15, 0.2) is 18.2 Å². The smallest absolute Gasteiger partial charge is 0.341 e. The monoisotopic (exact) mass is 460 g/mol. The van der Waals surface area contributed by atoms with E-state index in [1.165, 1.54) is 17.7 Å². The Hall–Kier alpha value is -2.32. The van der Waals surface area contributed by atoms with Crippen molar-refractivity contribution in [3.63, 3.8) is 0 Å². The number of carbonyl (C=O) groups is 1. The quantitative estimate of drug-likeness (QED) is 0.460. The molecule has 31 heavy (non-hydrogen) atoms. The summed E-state index contributed by atoms with van der Waals surface area (Å²) in [4.78, 5) is 14.1. The van der Waals surface area contributed by atoms with Crippen molar-refractivity contribution in [2.45, 2.75) is 58.4 Å².